The molecule has 3 N–H and O–H groups in total. The Bertz CT molecular complexity index is 175. The fraction of sp³-hybridized carbons (Fsp3) is 0.714. The van der Waals surface area contributed by atoms with E-state index in [1.807, 2.05) is 0 Å². The molecule has 0 spiro atoms. The van der Waals surface area contributed by atoms with Gasteiger partial charge in [0, 0.05) is 6.42 Å². The van der Waals surface area contributed by atoms with Gasteiger partial charge in [-0.1, -0.05) is 0 Å². The standard InChI is InChI=1S/C7H12O5/c1-4(8)2-5(9)3-6(10)7(11)12/h4-5,8-9H,2-3H2,1H3,(H,11,12)/t4-,5+/m1/s1. The van der Waals surface area contributed by atoms with E-state index >= 15 is 0 Å². The average Bonchev–Trinajstić information content (AvgIpc) is 1.84. The maximum atomic E-state index is 10.5. The lowest BCUT2D eigenvalue weighted by Gasteiger charge is -2.09. The Hall–Kier alpha value is -0.940. The molecule has 0 amide bonds. The summed E-state index contributed by atoms with van der Waals surface area (Å²) in [4.78, 5) is 20.5. The summed E-state index contributed by atoms with van der Waals surface area (Å²) in [6.45, 7) is 1.45. The number of carbonyl (C=O) groups is 2. The lowest BCUT2D eigenvalue weighted by molar-refractivity contribution is -0.150. The average molecular weight is 176 g/mol. The van der Waals surface area contributed by atoms with E-state index in [4.69, 9.17) is 15.3 Å². The van der Waals surface area contributed by atoms with Gasteiger partial charge in [0.1, 0.15) is 0 Å². The van der Waals surface area contributed by atoms with E-state index in [-0.39, 0.29) is 6.42 Å². The molecule has 0 heterocycles. The SMILES string of the molecule is C[C@@H](O)C[C@H](O)CC(=O)C(=O)O. The Balaban J connectivity index is 3.76. The van der Waals surface area contributed by atoms with Gasteiger partial charge in [0.2, 0.25) is 5.78 Å². The third-order valence-corrected chi connectivity index (χ3v) is 1.27. The Morgan fingerprint density at radius 3 is 2.17 bits per heavy atom. The van der Waals surface area contributed by atoms with Crippen molar-refractivity contribution < 1.29 is 24.9 Å². The summed E-state index contributed by atoms with van der Waals surface area (Å²) < 4.78 is 0. The normalized spacial score (nSPS) is 15.2. The highest BCUT2D eigenvalue weighted by Crippen LogP contribution is 2.02. The fourth-order valence-electron chi connectivity index (χ4n) is 0.778. The Morgan fingerprint density at radius 1 is 1.33 bits per heavy atom. The van der Waals surface area contributed by atoms with Gasteiger partial charge in [-0.2, -0.15) is 0 Å². The maximum Gasteiger partial charge on any atom is 0.372 e. The van der Waals surface area contributed by atoms with E-state index in [1.54, 1.807) is 0 Å². The number of hydrogen-bond acceptors (Lipinski definition) is 4. The third-order valence-electron chi connectivity index (χ3n) is 1.27. The molecule has 0 aliphatic rings. The largest absolute Gasteiger partial charge is 0.475 e. The topological polar surface area (TPSA) is 94.8 Å². The van der Waals surface area contributed by atoms with Crippen molar-refractivity contribution >= 4 is 11.8 Å². The molecule has 0 bridgehead atoms. The third kappa shape index (κ3) is 4.81. The fourth-order valence-corrected chi connectivity index (χ4v) is 0.778. The molecule has 0 aromatic heterocycles. The molecule has 0 aliphatic heterocycles. The van der Waals surface area contributed by atoms with Gasteiger partial charge in [-0.3, -0.25) is 4.79 Å². The minimum Gasteiger partial charge on any atom is -0.475 e. The van der Waals surface area contributed by atoms with E-state index in [0.29, 0.717) is 0 Å². The molecule has 5 nitrogen and oxygen atoms in total. The van der Waals surface area contributed by atoms with E-state index in [9.17, 15) is 9.59 Å². The van der Waals surface area contributed by atoms with Crippen LogP contribution >= 0.6 is 0 Å². The molecule has 0 unspecified atom stereocenters. The number of rotatable bonds is 5. The van der Waals surface area contributed by atoms with Crippen LogP contribution in [-0.2, 0) is 9.59 Å². The van der Waals surface area contributed by atoms with Crippen LogP contribution in [0.2, 0.25) is 0 Å². The molecule has 0 aromatic carbocycles. The summed E-state index contributed by atoms with van der Waals surface area (Å²) in [5, 5.41) is 25.9. The molecule has 0 aliphatic carbocycles. The van der Waals surface area contributed by atoms with Crippen LogP contribution in [0.1, 0.15) is 19.8 Å². The van der Waals surface area contributed by atoms with Crippen LogP contribution in [-0.4, -0.2) is 39.3 Å². The van der Waals surface area contributed by atoms with Crippen molar-refractivity contribution in [3.63, 3.8) is 0 Å². The van der Waals surface area contributed by atoms with Crippen molar-refractivity contribution in [3.8, 4) is 0 Å². The summed E-state index contributed by atoms with van der Waals surface area (Å²) in [5.74, 6) is -2.59. The van der Waals surface area contributed by atoms with Crippen LogP contribution in [0.3, 0.4) is 0 Å². The molecule has 70 valence electrons. The first-order chi connectivity index (χ1) is 5.43. The quantitative estimate of drug-likeness (QED) is 0.475. The van der Waals surface area contributed by atoms with Gasteiger partial charge in [-0.15, -0.1) is 0 Å². The molecule has 12 heavy (non-hydrogen) atoms. The highest BCUT2D eigenvalue weighted by atomic mass is 16.4. The second-order valence-electron chi connectivity index (χ2n) is 2.67. The predicted molar refractivity (Wildman–Crippen MR) is 39.6 cm³/mol. The number of carboxylic acids is 1. The van der Waals surface area contributed by atoms with Crippen LogP contribution < -0.4 is 0 Å². The van der Waals surface area contributed by atoms with E-state index in [2.05, 4.69) is 0 Å². The van der Waals surface area contributed by atoms with Crippen molar-refractivity contribution in [2.75, 3.05) is 0 Å². The number of ketones is 1. The van der Waals surface area contributed by atoms with Crippen molar-refractivity contribution in [2.45, 2.75) is 32.0 Å². The lowest BCUT2D eigenvalue weighted by atomic mass is 10.1. The summed E-state index contributed by atoms with van der Waals surface area (Å²) in [6.07, 6.45) is -2.24. The van der Waals surface area contributed by atoms with Gasteiger partial charge in [-0.25, -0.2) is 4.79 Å². The van der Waals surface area contributed by atoms with Gasteiger partial charge >= 0.3 is 5.97 Å². The van der Waals surface area contributed by atoms with Gasteiger partial charge in [0.15, 0.2) is 0 Å². The highest BCUT2D eigenvalue weighted by molar-refractivity contribution is 6.32. The Morgan fingerprint density at radius 2 is 1.83 bits per heavy atom. The summed E-state index contributed by atoms with van der Waals surface area (Å²) in [7, 11) is 0. The number of aliphatic hydroxyl groups is 2. The minimum atomic E-state index is -1.56. The molecule has 0 radical (unpaired) electrons. The van der Waals surface area contributed by atoms with Crippen molar-refractivity contribution in [1.82, 2.24) is 0 Å². The number of carboxylic acid groups (broad SMARTS) is 1. The molecule has 0 aromatic rings. The van der Waals surface area contributed by atoms with Crippen LogP contribution in [0, 0.1) is 0 Å². The first kappa shape index (κ1) is 11.1. The highest BCUT2D eigenvalue weighted by Gasteiger charge is 2.17. The van der Waals surface area contributed by atoms with Crippen molar-refractivity contribution in [2.24, 2.45) is 0 Å². The Labute approximate surface area is 69.6 Å². The van der Waals surface area contributed by atoms with Crippen molar-refractivity contribution in [3.05, 3.63) is 0 Å². The molecular weight excluding hydrogens is 164 g/mol. The number of Topliss-reactive ketones (excluding diaryl/α,β-unsaturated/α-hetero) is 1. The lowest BCUT2D eigenvalue weighted by Crippen LogP contribution is -2.23. The predicted octanol–water partition coefficient (Wildman–Crippen LogP) is -0.838. The summed E-state index contributed by atoms with van der Waals surface area (Å²) in [5.41, 5.74) is 0. The van der Waals surface area contributed by atoms with Crippen LogP contribution in [0.25, 0.3) is 0 Å². The van der Waals surface area contributed by atoms with Crippen LogP contribution in [0.5, 0.6) is 0 Å². The zero-order valence-electron chi connectivity index (χ0n) is 6.73. The number of aliphatic hydroxyl groups excluding tert-OH is 2. The van der Waals surface area contributed by atoms with Gasteiger partial charge in [0.25, 0.3) is 0 Å². The summed E-state index contributed by atoms with van der Waals surface area (Å²) in [6, 6.07) is 0. The molecule has 2 atom stereocenters. The van der Waals surface area contributed by atoms with E-state index in [0.717, 1.165) is 0 Å². The van der Waals surface area contributed by atoms with Gasteiger partial charge in [0.05, 0.1) is 12.2 Å². The number of carbonyl (C=O) groups excluding carboxylic acids is 1. The summed E-state index contributed by atoms with van der Waals surface area (Å²) >= 11 is 0. The first-order valence-corrected chi connectivity index (χ1v) is 3.55. The zero-order chi connectivity index (χ0) is 9.72. The molecule has 0 saturated carbocycles. The van der Waals surface area contributed by atoms with Crippen LogP contribution in [0.4, 0.5) is 0 Å². The smallest absolute Gasteiger partial charge is 0.372 e. The minimum absolute atomic E-state index is 0.0129. The first-order valence-electron chi connectivity index (χ1n) is 3.55. The maximum absolute atomic E-state index is 10.5. The number of hydrogen-bond donors (Lipinski definition) is 3. The number of aliphatic carboxylic acids is 1. The van der Waals surface area contributed by atoms with E-state index in [1.165, 1.54) is 6.92 Å². The zero-order valence-corrected chi connectivity index (χ0v) is 6.73. The monoisotopic (exact) mass is 176 g/mol. The molecular formula is C7H12O5. The molecule has 0 saturated heterocycles. The molecule has 0 rings (SSSR count). The van der Waals surface area contributed by atoms with E-state index < -0.39 is 30.4 Å². The second kappa shape index (κ2) is 4.84. The van der Waals surface area contributed by atoms with Gasteiger partial charge < -0.3 is 15.3 Å². The second-order valence-corrected chi connectivity index (χ2v) is 2.67. The molecule has 5 heteroatoms. The van der Waals surface area contributed by atoms with Crippen molar-refractivity contribution in [1.29, 1.82) is 0 Å². The van der Waals surface area contributed by atoms with Crippen LogP contribution in [0.15, 0.2) is 0 Å². The molecule has 0 fully saturated rings. The van der Waals surface area contributed by atoms with Gasteiger partial charge in [-0.05, 0) is 13.3 Å². The Kier molecular flexibility index (Phi) is 4.46.